The first kappa shape index (κ1) is 18.8. The molecule has 2 amide bonds. The Morgan fingerprint density at radius 1 is 1.19 bits per heavy atom. The molecule has 3 rings (SSSR count). The quantitative estimate of drug-likeness (QED) is 0.836. The second kappa shape index (κ2) is 8.62. The first-order valence-corrected chi connectivity index (χ1v) is 9.64. The van der Waals surface area contributed by atoms with Crippen LogP contribution >= 0.6 is 0 Å². The summed E-state index contributed by atoms with van der Waals surface area (Å²) in [7, 11) is 1.85. The van der Waals surface area contributed by atoms with Gasteiger partial charge < -0.3 is 19.5 Å². The van der Waals surface area contributed by atoms with Crippen LogP contribution in [-0.2, 0) is 23.2 Å². The number of aromatic nitrogens is 3. The number of piperidine rings is 1. The lowest BCUT2D eigenvalue weighted by Crippen LogP contribution is -2.41. The predicted molar refractivity (Wildman–Crippen MR) is 95.1 cm³/mol. The van der Waals surface area contributed by atoms with Crippen LogP contribution < -0.4 is 0 Å². The zero-order valence-electron chi connectivity index (χ0n) is 15.6. The van der Waals surface area contributed by atoms with E-state index in [-0.39, 0.29) is 24.3 Å². The van der Waals surface area contributed by atoms with Crippen LogP contribution in [0.5, 0.6) is 0 Å². The number of nitrogens with zero attached hydrogens (tertiary/aromatic N) is 5. The number of likely N-dealkylation sites (tertiary alicyclic amines) is 2. The van der Waals surface area contributed by atoms with E-state index in [2.05, 4.69) is 10.2 Å². The van der Waals surface area contributed by atoms with Crippen molar-refractivity contribution in [2.45, 2.75) is 57.5 Å². The molecule has 8 nitrogen and oxygen atoms in total. The van der Waals surface area contributed by atoms with E-state index < -0.39 is 0 Å². The number of aliphatic hydroxyl groups is 1. The maximum absolute atomic E-state index is 12.7. The van der Waals surface area contributed by atoms with Crippen molar-refractivity contribution in [3.05, 3.63) is 11.6 Å². The van der Waals surface area contributed by atoms with Crippen LogP contribution in [0, 0.1) is 0 Å². The van der Waals surface area contributed by atoms with Crippen molar-refractivity contribution in [2.24, 2.45) is 7.05 Å². The van der Waals surface area contributed by atoms with Crippen LogP contribution in [0.3, 0.4) is 0 Å². The average Bonchev–Trinajstić information content (AvgIpc) is 2.91. The highest BCUT2D eigenvalue weighted by Crippen LogP contribution is 2.26. The summed E-state index contributed by atoms with van der Waals surface area (Å²) in [5, 5.41) is 17.5. The Hall–Kier alpha value is -1.96. The molecule has 0 saturated carbocycles. The molecule has 1 aromatic rings. The maximum Gasteiger partial charge on any atom is 0.224 e. The first-order chi connectivity index (χ1) is 12.6. The molecule has 1 aromatic heterocycles. The van der Waals surface area contributed by atoms with E-state index >= 15 is 0 Å². The molecule has 1 N–H and O–H groups in total. The molecule has 2 aliphatic rings. The molecular weight excluding hydrogens is 334 g/mol. The second-order valence-corrected chi connectivity index (χ2v) is 7.31. The molecule has 2 saturated heterocycles. The Bertz CT molecular complexity index is 645. The number of hydrogen-bond acceptors (Lipinski definition) is 5. The van der Waals surface area contributed by atoms with E-state index in [9.17, 15) is 14.7 Å². The molecule has 144 valence electrons. The van der Waals surface area contributed by atoms with Crippen molar-refractivity contribution < 1.29 is 14.7 Å². The second-order valence-electron chi connectivity index (χ2n) is 7.31. The number of carbonyl (C=O) groups excluding carboxylic acids is 2. The largest absolute Gasteiger partial charge is 0.388 e. The minimum atomic E-state index is -0.136. The van der Waals surface area contributed by atoms with Crippen LogP contribution in [-0.4, -0.2) is 67.7 Å². The number of aliphatic hydroxyl groups excluding tert-OH is 1. The summed E-state index contributed by atoms with van der Waals surface area (Å²) in [4.78, 5) is 28.5. The van der Waals surface area contributed by atoms with Crippen molar-refractivity contribution in [3.63, 3.8) is 0 Å². The van der Waals surface area contributed by atoms with Gasteiger partial charge in [0.1, 0.15) is 12.4 Å². The molecule has 26 heavy (non-hydrogen) atoms. The summed E-state index contributed by atoms with van der Waals surface area (Å²) in [6.07, 6.45) is 5.98. The third-order valence-electron chi connectivity index (χ3n) is 5.55. The molecule has 0 aromatic carbocycles. The first-order valence-electron chi connectivity index (χ1n) is 9.64. The summed E-state index contributed by atoms with van der Waals surface area (Å²) in [5.41, 5.74) is 0. The Morgan fingerprint density at radius 2 is 2.04 bits per heavy atom. The van der Waals surface area contributed by atoms with Gasteiger partial charge in [-0.05, 0) is 25.7 Å². The van der Waals surface area contributed by atoms with Gasteiger partial charge in [-0.25, -0.2) is 0 Å². The third-order valence-corrected chi connectivity index (χ3v) is 5.55. The van der Waals surface area contributed by atoms with Gasteiger partial charge in [0.25, 0.3) is 0 Å². The zero-order chi connectivity index (χ0) is 18.5. The average molecular weight is 363 g/mol. The molecule has 0 spiro atoms. The fraction of sp³-hybridized carbons (Fsp3) is 0.778. The monoisotopic (exact) mass is 363 g/mol. The van der Waals surface area contributed by atoms with Crippen LogP contribution in [0.2, 0.25) is 0 Å². The lowest BCUT2D eigenvalue weighted by atomic mass is 9.97. The van der Waals surface area contributed by atoms with Gasteiger partial charge >= 0.3 is 0 Å². The molecule has 0 unspecified atom stereocenters. The van der Waals surface area contributed by atoms with E-state index in [1.807, 2.05) is 21.4 Å². The lowest BCUT2D eigenvalue weighted by Gasteiger charge is -2.33. The minimum Gasteiger partial charge on any atom is -0.388 e. The molecule has 0 aliphatic carbocycles. The van der Waals surface area contributed by atoms with Crippen LogP contribution in [0.25, 0.3) is 0 Å². The summed E-state index contributed by atoms with van der Waals surface area (Å²) in [5.74, 6) is 1.81. The highest BCUT2D eigenvalue weighted by Gasteiger charge is 2.28. The Labute approximate surface area is 154 Å². The normalized spacial score (nSPS) is 21.8. The lowest BCUT2D eigenvalue weighted by molar-refractivity contribution is -0.135. The fourth-order valence-electron chi connectivity index (χ4n) is 3.95. The van der Waals surface area contributed by atoms with Gasteiger partial charge in [0.05, 0.1) is 0 Å². The van der Waals surface area contributed by atoms with Gasteiger partial charge in [-0.1, -0.05) is 6.42 Å². The number of carbonyl (C=O) groups is 2. The molecule has 3 heterocycles. The highest BCUT2D eigenvalue weighted by atomic mass is 16.3. The summed E-state index contributed by atoms with van der Waals surface area (Å²) >= 11 is 0. The van der Waals surface area contributed by atoms with E-state index in [4.69, 9.17) is 0 Å². The van der Waals surface area contributed by atoms with Crippen molar-refractivity contribution >= 4 is 11.8 Å². The SMILES string of the molecule is Cn1c(CO)nnc1[C@@H]1CCCN(C(=O)CCN2CCCCCC2=O)C1. The Balaban J connectivity index is 1.55. The molecule has 1 atom stereocenters. The van der Waals surface area contributed by atoms with Crippen molar-refractivity contribution in [1.29, 1.82) is 0 Å². The van der Waals surface area contributed by atoms with Gasteiger partial charge in [-0.15, -0.1) is 10.2 Å². The van der Waals surface area contributed by atoms with Gasteiger partial charge in [-0.2, -0.15) is 0 Å². The van der Waals surface area contributed by atoms with Crippen LogP contribution in [0.15, 0.2) is 0 Å². The Kier molecular flexibility index (Phi) is 6.24. The standard InChI is InChI=1S/C18H29N5O3/c1-21-15(13-24)19-20-18(21)14-6-5-10-23(12-14)17(26)8-11-22-9-4-2-3-7-16(22)25/h14,24H,2-13H2,1H3/t14-/m1/s1. The molecular formula is C18H29N5O3. The topological polar surface area (TPSA) is 91.6 Å². The van der Waals surface area contributed by atoms with Crippen LogP contribution in [0.4, 0.5) is 0 Å². The van der Waals surface area contributed by atoms with Gasteiger partial charge in [0.15, 0.2) is 5.82 Å². The fourth-order valence-corrected chi connectivity index (χ4v) is 3.95. The summed E-state index contributed by atoms with van der Waals surface area (Å²) in [6, 6.07) is 0. The molecule has 2 aliphatic heterocycles. The van der Waals surface area contributed by atoms with E-state index in [1.54, 1.807) is 0 Å². The molecule has 2 fully saturated rings. The smallest absolute Gasteiger partial charge is 0.224 e. The third kappa shape index (κ3) is 4.23. The predicted octanol–water partition coefficient (Wildman–Crippen LogP) is 0.806. The Morgan fingerprint density at radius 3 is 2.81 bits per heavy atom. The summed E-state index contributed by atoms with van der Waals surface area (Å²) in [6.45, 7) is 2.55. The van der Waals surface area contributed by atoms with Gasteiger partial charge in [0.2, 0.25) is 11.8 Å². The van der Waals surface area contributed by atoms with Crippen molar-refractivity contribution in [1.82, 2.24) is 24.6 Å². The number of amides is 2. The molecule has 0 bridgehead atoms. The highest BCUT2D eigenvalue weighted by molar-refractivity contribution is 5.79. The molecule has 0 radical (unpaired) electrons. The van der Waals surface area contributed by atoms with Crippen molar-refractivity contribution in [3.8, 4) is 0 Å². The zero-order valence-corrected chi connectivity index (χ0v) is 15.6. The van der Waals surface area contributed by atoms with Gasteiger partial charge in [-0.3, -0.25) is 9.59 Å². The number of hydrogen-bond donors (Lipinski definition) is 1. The van der Waals surface area contributed by atoms with E-state index in [0.717, 1.165) is 51.0 Å². The number of rotatable bonds is 5. The minimum absolute atomic E-state index is 0.108. The van der Waals surface area contributed by atoms with E-state index in [1.165, 1.54) is 0 Å². The van der Waals surface area contributed by atoms with Crippen LogP contribution in [0.1, 0.15) is 62.5 Å². The maximum atomic E-state index is 12.7. The van der Waals surface area contributed by atoms with Crippen molar-refractivity contribution in [2.75, 3.05) is 26.2 Å². The van der Waals surface area contributed by atoms with E-state index in [0.29, 0.717) is 31.8 Å². The molecule has 8 heteroatoms. The van der Waals surface area contributed by atoms with Gasteiger partial charge in [0, 0.05) is 52.0 Å². The summed E-state index contributed by atoms with van der Waals surface area (Å²) < 4.78 is 1.83.